The van der Waals surface area contributed by atoms with Gasteiger partial charge in [-0.1, -0.05) is 0 Å². The van der Waals surface area contributed by atoms with Gasteiger partial charge in [-0.3, -0.25) is 0 Å². The van der Waals surface area contributed by atoms with Crippen LogP contribution in [0.2, 0.25) is 0 Å². The highest BCUT2D eigenvalue weighted by Crippen LogP contribution is 2.24. The van der Waals surface area contributed by atoms with Crippen LogP contribution in [0.1, 0.15) is 11.7 Å². The number of rotatable bonds is 3. The molecule has 0 heterocycles. The minimum atomic E-state index is -1.38. The van der Waals surface area contributed by atoms with Crippen LogP contribution in [0.4, 0.5) is 14.5 Å². The molecule has 0 saturated carbocycles. The van der Waals surface area contributed by atoms with Gasteiger partial charge in [-0.15, -0.1) is 0 Å². The van der Waals surface area contributed by atoms with Crippen LogP contribution in [0.25, 0.3) is 0 Å². The Hall–Kier alpha value is -0.850. The zero-order chi connectivity index (χ0) is 11.6. The fraction of sp³-hybridized carbons (Fsp3) is 0.333. The van der Waals surface area contributed by atoms with Gasteiger partial charge in [0.25, 0.3) is 0 Å². The Bertz CT molecular complexity index is 339. The number of hydrogen-bond acceptors (Lipinski definition) is 4. The number of aliphatic hydroxyl groups is 2. The van der Waals surface area contributed by atoms with Gasteiger partial charge >= 0.3 is 0 Å². The average molecular weight is 235 g/mol. The Balaban J connectivity index is 3.06. The number of hydrogen-bond donors (Lipinski definition) is 4. The van der Waals surface area contributed by atoms with Gasteiger partial charge in [0.1, 0.15) is 23.4 Å². The van der Waals surface area contributed by atoms with Gasteiger partial charge in [0.15, 0.2) is 0 Å². The molecular weight excluding hydrogens is 224 g/mol. The minimum absolute atomic E-state index is 0.0191. The maximum atomic E-state index is 13.0. The van der Waals surface area contributed by atoms with Gasteiger partial charge in [0, 0.05) is 5.75 Å². The van der Waals surface area contributed by atoms with Gasteiger partial charge in [-0.05, 0) is 17.7 Å². The number of thiol groups is 1. The maximum absolute atomic E-state index is 13.0. The topological polar surface area (TPSA) is 66.5 Å². The van der Waals surface area contributed by atoms with Crippen LogP contribution in [-0.4, -0.2) is 22.1 Å². The van der Waals surface area contributed by atoms with Crippen LogP contribution in [-0.2, 0) is 0 Å². The summed E-state index contributed by atoms with van der Waals surface area (Å²) in [5.41, 5.74) is 4.38. The van der Waals surface area contributed by atoms with Crippen molar-refractivity contribution >= 4 is 18.3 Å². The Morgan fingerprint density at radius 2 is 1.73 bits per heavy atom. The summed E-state index contributed by atoms with van der Waals surface area (Å²) in [6.07, 6.45) is -2.57. The Morgan fingerprint density at radius 3 is 2.13 bits per heavy atom. The van der Waals surface area contributed by atoms with Crippen LogP contribution in [0.5, 0.6) is 0 Å². The van der Waals surface area contributed by atoms with Crippen molar-refractivity contribution in [1.82, 2.24) is 0 Å². The molecule has 0 amide bonds. The van der Waals surface area contributed by atoms with E-state index in [0.29, 0.717) is 0 Å². The highest BCUT2D eigenvalue weighted by Gasteiger charge is 2.19. The van der Waals surface area contributed by atoms with E-state index in [1.54, 1.807) is 0 Å². The fourth-order valence-corrected chi connectivity index (χ4v) is 1.30. The van der Waals surface area contributed by atoms with Crippen molar-refractivity contribution in [3.63, 3.8) is 0 Å². The summed E-state index contributed by atoms with van der Waals surface area (Å²) in [5.74, 6) is -1.94. The Kier molecular flexibility index (Phi) is 3.90. The third-order valence-corrected chi connectivity index (χ3v) is 2.37. The van der Waals surface area contributed by atoms with E-state index in [1.165, 1.54) is 0 Å². The first kappa shape index (κ1) is 12.2. The predicted molar refractivity (Wildman–Crippen MR) is 55.6 cm³/mol. The molecule has 0 aliphatic rings. The van der Waals surface area contributed by atoms with Crippen LogP contribution in [0.15, 0.2) is 12.1 Å². The minimum Gasteiger partial charge on any atom is -0.394 e. The summed E-state index contributed by atoms with van der Waals surface area (Å²) < 4.78 is 26.0. The van der Waals surface area contributed by atoms with Crippen LogP contribution >= 0.6 is 12.6 Å². The summed E-state index contributed by atoms with van der Waals surface area (Å²) >= 11 is 3.76. The van der Waals surface area contributed by atoms with Crippen molar-refractivity contribution < 1.29 is 19.0 Å². The van der Waals surface area contributed by atoms with Gasteiger partial charge in [0.05, 0.1) is 6.10 Å². The molecule has 1 rings (SSSR count). The smallest absolute Gasteiger partial charge is 0.149 e. The third-order valence-electron chi connectivity index (χ3n) is 1.99. The van der Waals surface area contributed by atoms with E-state index in [0.717, 1.165) is 12.1 Å². The molecule has 0 fully saturated rings. The molecule has 15 heavy (non-hydrogen) atoms. The largest absolute Gasteiger partial charge is 0.394 e. The quantitative estimate of drug-likeness (QED) is 0.464. The lowest BCUT2D eigenvalue weighted by molar-refractivity contribution is 0.0334. The SMILES string of the molecule is Nc1c(F)cc(C(O)C(O)CS)cc1F. The van der Waals surface area contributed by atoms with Crippen LogP contribution in [0.3, 0.4) is 0 Å². The van der Waals surface area contributed by atoms with Crippen LogP contribution in [0, 0.1) is 11.6 Å². The highest BCUT2D eigenvalue weighted by molar-refractivity contribution is 7.80. The van der Waals surface area contributed by atoms with E-state index in [1.807, 2.05) is 0 Å². The lowest BCUT2D eigenvalue weighted by Crippen LogP contribution is -2.20. The molecule has 0 aliphatic carbocycles. The van der Waals surface area contributed by atoms with Gasteiger partial charge in [0.2, 0.25) is 0 Å². The second-order valence-corrected chi connectivity index (χ2v) is 3.46. The standard InChI is InChI=1S/C9H11F2NO2S/c10-5-1-4(2-6(11)8(5)12)9(14)7(13)3-15/h1-2,7,9,13-15H,3,12H2. The van der Waals surface area contributed by atoms with Crippen molar-refractivity contribution in [2.24, 2.45) is 0 Å². The second-order valence-electron chi connectivity index (χ2n) is 3.09. The highest BCUT2D eigenvalue weighted by atomic mass is 32.1. The molecule has 1 aromatic rings. The first-order valence-electron chi connectivity index (χ1n) is 4.18. The predicted octanol–water partition coefficient (Wildman–Crippen LogP) is 0.871. The fourth-order valence-electron chi connectivity index (χ4n) is 1.10. The number of benzene rings is 1. The number of aliphatic hydroxyl groups excluding tert-OH is 2. The molecular formula is C9H11F2NO2S. The summed E-state index contributed by atoms with van der Waals surface area (Å²) in [4.78, 5) is 0. The summed E-state index contributed by atoms with van der Waals surface area (Å²) in [7, 11) is 0. The normalized spacial score (nSPS) is 15.0. The molecule has 0 aromatic heterocycles. The van der Waals surface area contributed by atoms with E-state index in [2.05, 4.69) is 12.6 Å². The number of halogens is 2. The monoisotopic (exact) mass is 235 g/mol. The molecule has 3 nitrogen and oxygen atoms in total. The van der Waals surface area contributed by atoms with E-state index >= 15 is 0 Å². The van der Waals surface area contributed by atoms with Crippen molar-refractivity contribution in [1.29, 1.82) is 0 Å². The first-order valence-corrected chi connectivity index (χ1v) is 4.82. The van der Waals surface area contributed by atoms with E-state index < -0.39 is 29.5 Å². The molecule has 2 unspecified atom stereocenters. The van der Waals surface area contributed by atoms with E-state index in [-0.39, 0.29) is 11.3 Å². The molecule has 0 aliphatic heterocycles. The number of nitrogen functional groups attached to an aromatic ring is 1. The Morgan fingerprint density at radius 1 is 1.27 bits per heavy atom. The lowest BCUT2D eigenvalue weighted by atomic mass is 10.0. The van der Waals surface area contributed by atoms with Gasteiger partial charge in [-0.2, -0.15) is 12.6 Å². The molecule has 6 heteroatoms. The lowest BCUT2D eigenvalue weighted by Gasteiger charge is -2.16. The van der Waals surface area contributed by atoms with E-state index in [9.17, 15) is 19.0 Å². The number of nitrogens with two attached hydrogens (primary N) is 1. The average Bonchev–Trinajstić information content (AvgIpc) is 2.23. The second kappa shape index (κ2) is 4.78. The molecule has 84 valence electrons. The van der Waals surface area contributed by atoms with E-state index in [4.69, 9.17) is 5.73 Å². The van der Waals surface area contributed by atoms with Crippen LogP contribution < -0.4 is 5.73 Å². The Labute approximate surface area is 90.9 Å². The molecule has 0 bridgehead atoms. The van der Waals surface area contributed by atoms with Gasteiger partial charge < -0.3 is 15.9 Å². The van der Waals surface area contributed by atoms with Crippen molar-refractivity contribution in [2.45, 2.75) is 12.2 Å². The maximum Gasteiger partial charge on any atom is 0.149 e. The summed E-state index contributed by atoms with van der Waals surface area (Å²) in [6, 6.07) is 1.77. The van der Waals surface area contributed by atoms with Crippen molar-refractivity contribution in [3.8, 4) is 0 Å². The molecule has 0 saturated heterocycles. The number of anilines is 1. The molecule has 4 N–H and O–H groups in total. The summed E-state index contributed by atoms with van der Waals surface area (Å²) in [5, 5.41) is 18.7. The zero-order valence-electron chi connectivity index (χ0n) is 7.69. The van der Waals surface area contributed by atoms with Gasteiger partial charge in [-0.25, -0.2) is 8.78 Å². The van der Waals surface area contributed by atoms with Crippen molar-refractivity contribution in [3.05, 3.63) is 29.3 Å². The zero-order valence-corrected chi connectivity index (χ0v) is 8.59. The molecule has 1 aromatic carbocycles. The third kappa shape index (κ3) is 2.58. The first-order chi connectivity index (χ1) is 6.97. The molecule has 0 spiro atoms. The van der Waals surface area contributed by atoms with Crippen molar-refractivity contribution in [2.75, 3.05) is 11.5 Å². The molecule has 2 atom stereocenters. The molecule has 0 radical (unpaired) electrons. The summed E-state index contributed by atoms with van der Waals surface area (Å²) in [6.45, 7) is 0.